The summed E-state index contributed by atoms with van der Waals surface area (Å²) in [6.45, 7) is 1.51. The van der Waals surface area contributed by atoms with Crippen LogP contribution in [0.1, 0.15) is 30.1 Å². The summed E-state index contributed by atoms with van der Waals surface area (Å²) >= 11 is 0. The normalized spacial score (nSPS) is 12.0. The zero-order valence-corrected chi connectivity index (χ0v) is 10.2. The van der Waals surface area contributed by atoms with E-state index in [9.17, 15) is 18.4 Å². The first-order chi connectivity index (χ1) is 8.81. The highest BCUT2D eigenvalue weighted by Crippen LogP contribution is 2.19. The number of amides is 2. The van der Waals surface area contributed by atoms with E-state index < -0.39 is 35.1 Å². The second kappa shape index (κ2) is 6.24. The summed E-state index contributed by atoms with van der Waals surface area (Å²) in [5, 5.41) is 11.2. The molecule has 0 heterocycles. The van der Waals surface area contributed by atoms with Crippen LogP contribution in [0.4, 0.5) is 14.5 Å². The van der Waals surface area contributed by atoms with Crippen molar-refractivity contribution in [2.75, 3.05) is 5.32 Å². The van der Waals surface area contributed by atoms with E-state index in [-0.39, 0.29) is 18.5 Å². The molecular formula is C12H14F2N2O3. The number of anilines is 1. The van der Waals surface area contributed by atoms with Crippen molar-refractivity contribution in [2.24, 2.45) is 5.73 Å². The summed E-state index contributed by atoms with van der Waals surface area (Å²) in [7, 11) is 0. The number of primary amides is 1. The minimum absolute atomic E-state index is 0.0274. The van der Waals surface area contributed by atoms with Crippen LogP contribution in [0.2, 0.25) is 0 Å². The fourth-order valence-electron chi connectivity index (χ4n) is 1.39. The molecule has 19 heavy (non-hydrogen) atoms. The number of carbonyl (C=O) groups excluding carboxylic acids is 2. The molecule has 0 spiro atoms. The van der Waals surface area contributed by atoms with Gasteiger partial charge in [0.05, 0.1) is 17.4 Å². The molecule has 0 aliphatic heterocycles. The molecule has 1 aromatic rings. The summed E-state index contributed by atoms with van der Waals surface area (Å²) in [5.41, 5.74) is 4.08. The molecule has 1 rings (SSSR count). The molecule has 2 amide bonds. The second-order valence-corrected chi connectivity index (χ2v) is 4.11. The lowest BCUT2D eigenvalue weighted by Gasteiger charge is -2.09. The fourth-order valence-corrected chi connectivity index (χ4v) is 1.39. The van der Waals surface area contributed by atoms with Gasteiger partial charge >= 0.3 is 0 Å². The Bertz CT molecular complexity index is 504. The average Bonchev–Trinajstić information content (AvgIpc) is 2.29. The smallest absolute Gasteiger partial charge is 0.251 e. The van der Waals surface area contributed by atoms with Gasteiger partial charge in [0.25, 0.3) is 5.91 Å². The highest BCUT2D eigenvalue weighted by atomic mass is 19.1. The van der Waals surface area contributed by atoms with Crippen LogP contribution >= 0.6 is 0 Å². The number of nitrogens with two attached hydrogens (primary N) is 1. The summed E-state index contributed by atoms with van der Waals surface area (Å²) in [5.74, 6) is -3.71. The number of aliphatic hydroxyl groups is 1. The number of rotatable bonds is 5. The fraction of sp³-hybridized carbons (Fsp3) is 0.333. The van der Waals surface area contributed by atoms with Crippen molar-refractivity contribution in [2.45, 2.75) is 25.9 Å². The Hall–Kier alpha value is -2.02. The van der Waals surface area contributed by atoms with E-state index in [1.54, 1.807) is 0 Å². The number of carbonyl (C=O) groups is 2. The number of halogens is 2. The van der Waals surface area contributed by atoms with Gasteiger partial charge < -0.3 is 16.2 Å². The number of aliphatic hydroxyl groups excluding tert-OH is 1. The molecule has 0 aromatic heterocycles. The van der Waals surface area contributed by atoms with Crippen molar-refractivity contribution >= 4 is 17.5 Å². The molecular weight excluding hydrogens is 258 g/mol. The molecule has 0 aliphatic carbocycles. The van der Waals surface area contributed by atoms with Crippen LogP contribution in [-0.2, 0) is 4.79 Å². The second-order valence-electron chi connectivity index (χ2n) is 4.11. The number of nitrogens with one attached hydrogen (secondary N) is 1. The van der Waals surface area contributed by atoms with Crippen molar-refractivity contribution < 1.29 is 23.5 Å². The summed E-state index contributed by atoms with van der Waals surface area (Å²) < 4.78 is 26.6. The minimum Gasteiger partial charge on any atom is -0.393 e. The van der Waals surface area contributed by atoms with Gasteiger partial charge in [-0.2, -0.15) is 0 Å². The van der Waals surface area contributed by atoms with E-state index in [0.717, 1.165) is 6.07 Å². The van der Waals surface area contributed by atoms with Gasteiger partial charge in [-0.15, -0.1) is 0 Å². The Morgan fingerprint density at radius 2 is 2.00 bits per heavy atom. The van der Waals surface area contributed by atoms with Crippen LogP contribution in [0.5, 0.6) is 0 Å². The monoisotopic (exact) mass is 272 g/mol. The standard InChI is InChI=1S/C12H14F2N2O3/c1-6(17)2-3-11(18)16-10-4-7(12(15)19)8(13)5-9(10)14/h4-6,17H,2-3H2,1H3,(H2,15,19)(H,16,18). The van der Waals surface area contributed by atoms with Crippen molar-refractivity contribution in [3.8, 4) is 0 Å². The van der Waals surface area contributed by atoms with Gasteiger partial charge in [-0.3, -0.25) is 9.59 Å². The van der Waals surface area contributed by atoms with Gasteiger partial charge in [0.15, 0.2) is 0 Å². The quantitative estimate of drug-likeness (QED) is 0.751. The van der Waals surface area contributed by atoms with Crippen LogP contribution in [0.3, 0.4) is 0 Å². The van der Waals surface area contributed by atoms with E-state index in [1.165, 1.54) is 6.92 Å². The van der Waals surface area contributed by atoms with Crippen molar-refractivity contribution in [1.29, 1.82) is 0 Å². The first-order valence-corrected chi connectivity index (χ1v) is 5.58. The van der Waals surface area contributed by atoms with Gasteiger partial charge in [-0.25, -0.2) is 8.78 Å². The predicted molar refractivity (Wildman–Crippen MR) is 64.4 cm³/mol. The van der Waals surface area contributed by atoms with Gasteiger partial charge in [0, 0.05) is 12.5 Å². The maximum atomic E-state index is 13.4. The molecule has 0 radical (unpaired) electrons. The van der Waals surface area contributed by atoms with Crippen LogP contribution in [0, 0.1) is 11.6 Å². The molecule has 0 fully saturated rings. The Morgan fingerprint density at radius 3 is 2.53 bits per heavy atom. The van der Waals surface area contributed by atoms with Crippen LogP contribution in [0.25, 0.3) is 0 Å². The van der Waals surface area contributed by atoms with Crippen LogP contribution < -0.4 is 11.1 Å². The zero-order chi connectivity index (χ0) is 14.6. The topological polar surface area (TPSA) is 92.4 Å². The third-order valence-corrected chi connectivity index (χ3v) is 2.39. The van der Waals surface area contributed by atoms with Gasteiger partial charge in [0.2, 0.25) is 5.91 Å². The van der Waals surface area contributed by atoms with Crippen molar-refractivity contribution in [3.05, 3.63) is 29.3 Å². The molecule has 0 saturated heterocycles. The molecule has 0 bridgehead atoms. The summed E-state index contributed by atoms with van der Waals surface area (Å²) in [6, 6.07) is 1.32. The Kier molecular flexibility index (Phi) is 4.94. The summed E-state index contributed by atoms with van der Waals surface area (Å²) in [6.07, 6.45) is -0.484. The SMILES string of the molecule is CC(O)CCC(=O)Nc1cc(C(N)=O)c(F)cc1F. The van der Waals surface area contributed by atoms with Crippen LogP contribution in [0.15, 0.2) is 12.1 Å². The average molecular weight is 272 g/mol. The molecule has 4 N–H and O–H groups in total. The predicted octanol–water partition coefficient (Wildman–Crippen LogP) is 1.16. The first-order valence-electron chi connectivity index (χ1n) is 5.58. The van der Waals surface area contributed by atoms with Crippen LogP contribution in [-0.4, -0.2) is 23.0 Å². The third kappa shape index (κ3) is 4.29. The maximum absolute atomic E-state index is 13.4. The van der Waals surface area contributed by atoms with E-state index in [4.69, 9.17) is 10.8 Å². The molecule has 0 aliphatic rings. The molecule has 0 saturated carbocycles. The van der Waals surface area contributed by atoms with E-state index in [2.05, 4.69) is 5.32 Å². The highest BCUT2D eigenvalue weighted by molar-refractivity contribution is 5.96. The lowest BCUT2D eigenvalue weighted by molar-refractivity contribution is -0.116. The minimum atomic E-state index is -1.09. The largest absolute Gasteiger partial charge is 0.393 e. The third-order valence-electron chi connectivity index (χ3n) is 2.39. The Labute approximate surface area is 108 Å². The number of hydrogen-bond acceptors (Lipinski definition) is 3. The van der Waals surface area contributed by atoms with Crippen molar-refractivity contribution in [1.82, 2.24) is 0 Å². The molecule has 5 nitrogen and oxygen atoms in total. The molecule has 1 atom stereocenters. The number of benzene rings is 1. The molecule has 7 heteroatoms. The summed E-state index contributed by atoms with van der Waals surface area (Å²) in [4.78, 5) is 22.3. The van der Waals surface area contributed by atoms with E-state index in [0.29, 0.717) is 6.07 Å². The lowest BCUT2D eigenvalue weighted by atomic mass is 10.1. The Balaban J connectivity index is 2.86. The molecule has 1 unspecified atom stereocenters. The van der Waals surface area contributed by atoms with Gasteiger partial charge in [0.1, 0.15) is 11.6 Å². The van der Waals surface area contributed by atoms with Gasteiger partial charge in [-0.1, -0.05) is 0 Å². The molecule has 1 aromatic carbocycles. The van der Waals surface area contributed by atoms with E-state index >= 15 is 0 Å². The highest BCUT2D eigenvalue weighted by Gasteiger charge is 2.15. The van der Waals surface area contributed by atoms with Crippen molar-refractivity contribution in [3.63, 3.8) is 0 Å². The molecule has 104 valence electrons. The van der Waals surface area contributed by atoms with E-state index in [1.807, 2.05) is 0 Å². The Morgan fingerprint density at radius 1 is 1.37 bits per heavy atom. The lowest BCUT2D eigenvalue weighted by Crippen LogP contribution is -2.18. The zero-order valence-electron chi connectivity index (χ0n) is 10.2. The number of hydrogen-bond donors (Lipinski definition) is 3. The van der Waals surface area contributed by atoms with Gasteiger partial charge in [-0.05, 0) is 19.4 Å². The maximum Gasteiger partial charge on any atom is 0.251 e. The first kappa shape index (κ1) is 15.0.